The fourth-order valence-electron chi connectivity index (χ4n) is 4.95. The molecule has 6 heteroatoms. The number of carbonyl (C=O) groups excluding carboxylic acids is 1. The maximum absolute atomic E-state index is 13.1. The third-order valence-electron chi connectivity index (χ3n) is 6.74. The number of ether oxygens (including phenoxy) is 1. The lowest BCUT2D eigenvalue weighted by Gasteiger charge is -2.21. The zero-order chi connectivity index (χ0) is 23.5. The minimum Gasteiger partial charge on any atom is -0.507 e. The van der Waals surface area contributed by atoms with E-state index in [9.17, 15) is 14.7 Å². The van der Waals surface area contributed by atoms with Crippen molar-refractivity contribution in [3.05, 3.63) is 87.5 Å². The Hall–Kier alpha value is -3.54. The largest absolute Gasteiger partial charge is 0.507 e. The van der Waals surface area contributed by atoms with Crippen molar-refractivity contribution in [2.24, 2.45) is 5.92 Å². The number of benzene rings is 2. The number of hydrogen-bond donors (Lipinski definition) is 2. The van der Waals surface area contributed by atoms with Crippen molar-refractivity contribution in [2.75, 3.05) is 5.32 Å². The number of para-hydroxylation sites is 1. The molecule has 1 heterocycles. The van der Waals surface area contributed by atoms with Crippen molar-refractivity contribution in [3.8, 4) is 11.5 Å². The molecular weight excluding hydrogens is 430 g/mol. The number of nitrogens with one attached hydrogen (secondary N) is 1. The molecule has 0 spiro atoms. The molecule has 1 aromatic heterocycles. The molecule has 3 aromatic rings. The second kappa shape index (κ2) is 9.75. The molecule has 1 unspecified atom stereocenters. The highest BCUT2D eigenvalue weighted by Crippen LogP contribution is 2.49. The van der Waals surface area contributed by atoms with Crippen LogP contribution in [-0.4, -0.2) is 11.2 Å². The van der Waals surface area contributed by atoms with E-state index in [0.717, 1.165) is 56.1 Å². The summed E-state index contributed by atoms with van der Waals surface area (Å²) in [6.07, 6.45) is 6.96. The monoisotopic (exact) mass is 459 g/mol. The summed E-state index contributed by atoms with van der Waals surface area (Å²) in [7, 11) is 0. The van der Waals surface area contributed by atoms with Gasteiger partial charge >= 0.3 is 11.7 Å². The minimum absolute atomic E-state index is 0.104. The average Bonchev–Trinajstić information content (AvgIpc) is 3.64. The zero-order valence-electron chi connectivity index (χ0n) is 19.1. The van der Waals surface area contributed by atoms with Crippen LogP contribution < -0.4 is 15.7 Å². The molecule has 0 radical (unpaired) electrons. The lowest BCUT2D eigenvalue weighted by molar-refractivity contribution is 0.215. The van der Waals surface area contributed by atoms with Gasteiger partial charge < -0.3 is 14.3 Å². The fraction of sp³-hybridized carbons (Fsp3) is 0.357. The molecule has 2 aliphatic carbocycles. The van der Waals surface area contributed by atoms with Crippen LogP contribution in [0.5, 0.6) is 11.5 Å². The van der Waals surface area contributed by atoms with E-state index in [0.29, 0.717) is 29.2 Å². The van der Waals surface area contributed by atoms with Gasteiger partial charge in [-0.25, -0.2) is 9.59 Å². The Morgan fingerprint density at radius 2 is 1.76 bits per heavy atom. The summed E-state index contributed by atoms with van der Waals surface area (Å²) in [6.45, 7) is 0. The first-order valence-corrected chi connectivity index (χ1v) is 12.1. The van der Waals surface area contributed by atoms with Gasteiger partial charge in [-0.1, -0.05) is 43.2 Å². The van der Waals surface area contributed by atoms with E-state index >= 15 is 0 Å². The van der Waals surface area contributed by atoms with Gasteiger partial charge in [0.15, 0.2) is 0 Å². The van der Waals surface area contributed by atoms with Crippen molar-refractivity contribution >= 4 is 11.8 Å². The highest BCUT2D eigenvalue weighted by molar-refractivity contribution is 5.86. The van der Waals surface area contributed by atoms with Crippen LogP contribution in [0.25, 0.3) is 0 Å². The summed E-state index contributed by atoms with van der Waals surface area (Å²) >= 11 is 0. The first-order valence-electron chi connectivity index (χ1n) is 12.1. The van der Waals surface area contributed by atoms with Gasteiger partial charge in [0.1, 0.15) is 17.3 Å². The second-order valence-corrected chi connectivity index (χ2v) is 9.24. The number of fused-ring (bicyclic) bond motifs is 1. The van der Waals surface area contributed by atoms with Crippen LogP contribution in [0.2, 0.25) is 0 Å². The van der Waals surface area contributed by atoms with Crippen LogP contribution in [-0.2, 0) is 12.8 Å². The molecule has 1 fully saturated rings. The van der Waals surface area contributed by atoms with Crippen molar-refractivity contribution in [1.82, 2.24) is 0 Å². The van der Waals surface area contributed by atoms with Crippen molar-refractivity contribution in [1.29, 1.82) is 0 Å². The number of aromatic hydroxyl groups is 1. The van der Waals surface area contributed by atoms with Gasteiger partial charge in [-0.15, -0.1) is 0 Å². The summed E-state index contributed by atoms with van der Waals surface area (Å²) in [5.74, 6) is 1.17. The molecule has 0 saturated heterocycles. The summed E-state index contributed by atoms with van der Waals surface area (Å²) in [6, 6.07) is 16.3. The topological polar surface area (TPSA) is 88.8 Å². The third kappa shape index (κ3) is 4.86. The van der Waals surface area contributed by atoms with E-state index in [4.69, 9.17) is 9.15 Å². The Bertz CT molecular complexity index is 1230. The van der Waals surface area contributed by atoms with E-state index in [-0.39, 0.29) is 17.6 Å². The molecule has 1 atom stereocenters. The normalized spacial score (nSPS) is 16.6. The summed E-state index contributed by atoms with van der Waals surface area (Å²) in [5, 5.41) is 14.0. The maximum atomic E-state index is 13.1. The number of amides is 1. The lowest BCUT2D eigenvalue weighted by Crippen LogP contribution is -2.20. The summed E-state index contributed by atoms with van der Waals surface area (Å²) in [5.41, 5.74) is 2.13. The standard InChI is InChI=1S/C28H29NO5/c30-26-22-13-6-1-2-7-14-23(22)34-27(31)25(26)24(18-15-16-18)19-9-8-10-20(17-19)29-28(32)33-21-11-4-3-5-12-21/h3-5,8-12,17-18,24,30H,1-2,6-7,13-16H2,(H,29,32). The van der Waals surface area contributed by atoms with E-state index in [1.165, 1.54) is 0 Å². The predicted octanol–water partition coefficient (Wildman–Crippen LogP) is 6.16. The van der Waals surface area contributed by atoms with Gasteiger partial charge in [-0.3, -0.25) is 5.32 Å². The SMILES string of the molecule is O=C(Nc1cccc(C(c2c(O)c3c(oc2=O)CCCCCC3)C2CC2)c1)Oc1ccccc1. The first kappa shape index (κ1) is 22.3. The Kier molecular flexibility index (Phi) is 6.39. The molecule has 5 rings (SSSR count). The third-order valence-corrected chi connectivity index (χ3v) is 6.74. The molecule has 2 N–H and O–H groups in total. The fourth-order valence-corrected chi connectivity index (χ4v) is 4.95. The van der Waals surface area contributed by atoms with Crippen molar-refractivity contribution < 1.29 is 19.1 Å². The highest BCUT2D eigenvalue weighted by Gasteiger charge is 2.38. The molecule has 0 bridgehead atoms. The maximum Gasteiger partial charge on any atom is 0.417 e. The number of carbonyl (C=O) groups is 1. The van der Waals surface area contributed by atoms with E-state index in [2.05, 4.69) is 5.32 Å². The van der Waals surface area contributed by atoms with Gasteiger partial charge in [0.25, 0.3) is 0 Å². The Labute approximate surface area is 198 Å². The van der Waals surface area contributed by atoms with E-state index < -0.39 is 11.7 Å². The van der Waals surface area contributed by atoms with Crippen LogP contribution >= 0.6 is 0 Å². The second-order valence-electron chi connectivity index (χ2n) is 9.24. The van der Waals surface area contributed by atoms with Crippen LogP contribution in [0.1, 0.15) is 66.9 Å². The minimum atomic E-state index is -0.588. The number of anilines is 1. The molecule has 176 valence electrons. The zero-order valence-corrected chi connectivity index (χ0v) is 19.1. The van der Waals surface area contributed by atoms with E-state index in [1.54, 1.807) is 30.3 Å². The van der Waals surface area contributed by atoms with Crippen molar-refractivity contribution in [2.45, 2.75) is 57.3 Å². The Balaban J connectivity index is 1.45. The quantitative estimate of drug-likeness (QED) is 0.477. The smallest absolute Gasteiger partial charge is 0.417 e. The molecule has 34 heavy (non-hydrogen) atoms. The lowest BCUT2D eigenvalue weighted by atomic mass is 9.85. The Morgan fingerprint density at radius 1 is 1.00 bits per heavy atom. The number of hydrogen-bond acceptors (Lipinski definition) is 5. The molecule has 0 aliphatic heterocycles. The van der Waals surface area contributed by atoms with Gasteiger partial charge in [0.2, 0.25) is 0 Å². The average molecular weight is 460 g/mol. The number of rotatable bonds is 5. The van der Waals surface area contributed by atoms with Crippen LogP contribution in [0.15, 0.2) is 63.8 Å². The highest BCUT2D eigenvalue weighted by atomic mass is 16.6. The summed E-state index contributed by atoms with van der Waals surface area (Å²) in [4.78, 5) is 25.5. The first-order chi connectivity index (χ1) is 16.6. The van der Waals surface area contributed by atoms with Crippen molar-refractivity contribution in [3.63, 3.8) is 0 Å². The van der Waals surface area contributed by atoms with Crippen LogP contribution in [0, 0.1) is 5.92 Å². The molecule has 2 aromatic carbocycles. The van der Waals surface area contributed by atoms with Crippen LogP contribution in [0.4, 0.5) is 10.5 Å². The van der Waals surface area contributed by atoms with Gasteiger partial charge in [-0.2, -0.15) is 0 Å². The summed E-state index contributed by atoms with van der Waals surface area (Å²) < 4.78 is 11.1. The molecule has 1 amide bonds. The Morgan fingerprint density at radius 3 is 2.53 bits per heavy atom. The predicted molar refractivity (Wildman–Crippen MR) is 130 cm³/mol. The van der Waals surface area contributed by atoms with Gasteiger partial charge in [-0.05, 0) is 67.9 Å². The van der Waals surface area contributed by atoms with Crippen LogP contribution in [0.3, 0.4) is 0 Å². The molecular formula is C28H29NO5. The molecule has 1 saturated carbocycles. The van der Waals surface area contributed by atoms with E-state index in [1.807, 2.05) is 24.3 Å². The molecule has 6 nitrogen and oxygen atoms in total. The van der Waals surface area contributed by atoms with Gasteiger partial charge in [0, 0.05) is 23.6 Å². The molecule has 2 aliphatic rings. The van der Waals surface area contributed by atoms with Gasteiger partial charge in [0.05, 0.1) is 5.56 Å². The number of aryl methyl sites for hydroxylation is 1.